The van der Waals surface area contributed by atoms with Gasteiger partial charge < -0.3 is 10.8 Å². The number of aliphatic hydroxyl groups is 1. The van der Waals surface area contributed by atoms with Gasteiger partial charge in [0.15, 0.2) is 0 Å². The predicted molar refractivity (Wildman–Crippen MR) is 84.6 cm³/mol. The van der Waals surface area contributed by atoms with E-state index in [0.29, 0.717) is 6.54 Å². The smallest absolute Gasteiger partial charge is 0.104 e. The summed E-state index contributed by atoms with van der Waals surface area (Å²) in [5.41, 5.74) is 9.17. The molecule has 0 spiro atoms. The second kappa shape index (κ2) is 5.32. The maximum Gasteiger partial charge on any atom is 0.104 e. The molecule has 3 N–H and O–H groups in total. The average Bonchev–Trinajstić information content (AvgIpc) is 3.28. The molecule has 104 valence electrons. The monoisotopic (exact) mass is 331 g/mol. The van der Waals surface area contributed by atoms with E-state index in [9.17, 15) is 5.11 Å². The first-order valence-electron chi connectivity index (χ1n) is 6.89. The van der Waals surface area contributed by atoms with Crippen LogP contribution in [0.1, 0.15) is 35.6 Å². The molecule has 1 atom stereocenters. The summed E-state index contributed by atoms with van der Waals surface area (Å²) in [4.78, 5) is 0. The summed E-state index contributed by atoms with van der Waals surface area (Å²) < 4.78 is 0.978. The van der Waals surface area contributed by atoms with Crippen LogP contribution in [0.3, 0.4) is 0 Å². The van der Waals surface area contributed by atoms with Crippen molar-refractivity contribution in [2.45, 2.75) is 24.4 Å². The number of hydrogen-bond donors (Lipinski definition) is 2. The SMILES string of the molecule is NCC1(c2ccc(C(O)c3cccc(Br)c3)cc2)CC1. The number of rotatable bonds is 4. The molecule has 2 aromatic rings. The first-order valence-corrected chi connectivity index (χ1v) is 7.68. The van der Waals surface area contributed by atoms with Crippen molar-refractivity contribution in [3.63, 3.8) is 0 Å². The van der Waals surface area contributed by atoms with Crippen molar-refractivity contribution in [1.82, 2.24) is 0 Å². The molecule has 2 nitrogen and oxygen atoms in total. The summed E-state index contributed by atoms with van der Waals surface area (Å²) in [5, 5.41) is 10.4. The van der Waals surface area contributed by atoms with E-state index in [1.165, 1.54) is 18.4 Å². The van der Waals surface area contributed by atoms with Crippen molar-refractivity contribution in [3.8, 4) is 0 Å². The van der Waals surface area contributed by atoms with Crippen LogP contribution in [0, 0.1) is 0 Å². The van der Waals surface area contributed by atoms with Crippen molar-refractivity contribution >= 4 is 15.9 Å². The fourth-order valence-corrected chi connectivity index (χ4v) is 3.07. The van der Waals surface area contributed by atoms with E-state index in [0.717, 1.165) is 15.6 Å². The highest BCUT2D eigenvalue weighted by Gasteiger charge is 2.42. The molecule has 1 aliphatic rings. The molecule has 0 radical (unpaired) electrons. The third-order valence-electron chi connectivity index (χ3n) is 4.25. The van der Waals surface area contributed by atoms with E-state index in [-0.39, 0.29) is 5.41 Å². The van der Waals surface area contributed by atoms with Gasteiger partial charge >= 0.3 is 0 Å². The molecule has 3 rings (SSSR count). The van der Waals surface area contributed by atoms with Crippen LogP contribution in [0.4, 0.5) is 0 Å². The van der Waals surface area contributed by atoms with Gasteiger partial charge in [0.1, 0.15) is 6.10 Å². The fourth-order valence-electron chi connectivity index (χ4n) is 2.65. The van der Waals surface area contributed by atoms with Crippen molar-refractivity contribution in [3.05, 3.63) is 69.7 Å². The maximum atomic E-state index is 10.4. The summed E-state index contributed by atoms with van der Waals surface area (Å²) in [6.07, 6.45) is 1.77. The molecule has 1 aliphatic carbocycles. The van der Waals surface area contributed by atoms with Gasteiger partial charge in [-0.1, -0.05) is 52.3 Å². The molecule has 3 heteroatoms. The van der Waals surface area contributed by atoms with Gasteiger partial charge in [0, 0.05) is 16.4 Å². The standard InChI is InChI=1S/C17H18BrNO/c18-15-3-1-2-13(10-15)16(20)12-4-6-14(7-5-12)17(11-19)8-9-17/h1-7,10,16,20H,8-9,11,19H2. The fraction of sp³-hybridized carbons (Fsp3) is 0.294. The summed E-state index contributed by atoms with van der Waals surface area (Å²) in [6.45, 7) is 0.709. The minimum atomic E-state index is -0.588. The Kier molecular flexibility index (Phi) is 3.67. The Morgan fingerprint density at radius 1 is 1.10 bits per heavy atom. The molecule has 0 amide bonds. The molecule has 0 saturated heterocycles. The van der Waals surface area contributed by atoms with Crippen molar-refractivity contribution in [2.24, 2.45) is 5.73 Å². The van der Waals surface area contributed by atoms with Gasteiger partial charge in [-0.05, 0) is 41.7 Å². The van der Waals surface area contributed by atoms with Gasteiger partial charge in [0.2, 0.25) is 0 Å². The first-order chi connectivity index (χ1) is 9.64. The molecule has 1 unspecified atom stereocenters. The molecular formula is C17H18BrNO. The van der Waals surface area contributed by atoms with Crippen LogP contribution in [0.25, 0.3) is 0 Å². The Morgan fingerprint density at radius 2 is 1.80 bits per heavy atom. The summed E-state index contributed by atoms with van der Waals surface area (Å²) in [5.74, 6) is 0. The number of aliphatic hydroxyl groups excluding tert-OH is 1. The Balaban J connectivity index is 1.84. The minimum absolute atomic E-state index is 0.208. The third kappa shape index (κ3) is 2.53. The van der Waals surface area contributed by atoms with Crippen molar-refractivity contribution in [2.75, 3.05) is 6.54 Å². The van der Waals surface area contributed by atoms with E-state index in [2.05, 4.69) is 28.1 Å². The lowest BCUT2D eigenvalue weighted by Crippen LogP contribution is -2.19. The van der Waals surface area contributed by atoms with Crippen LogP contribution in [0.15, 0.2) is 53.0 Å². The highest BCUT2D eigenvalue weighted by Crippen LogP contribution is 2.47. The normalized spacial score (nSPS) is 17.8. The largest absolute Gasteiger partial charge is 0.384 e. The van der Waals surface area contributed by atoms with Crippen LogP contribution in [-0.2, 0) is 5.41 Å². The zero-order valence-electron chi connectivity index (χ0n) is 11.2. The van der Waals surface area contributed by atoms with Crippen LogP contribution >= 0.6 is 15.9 Å². The van der Waals surface area contributed by atoms with Gasteiger partial charge in [-0.15, -0.1) is 0 Å². The number of hydrogen-bond acceptors (Lipinski definition) is 2. The minimum Gasteiger partial charge on any atom is -0.384 e. The molecule has 20 heavy (non-hydrogen) atoms. The molecule has 0 aliphatic heterocycles. The van der Waals surface area contributed by atoms with Crippen molar-refractivity contribution < 1.29 is 5.11 Å². The summed E-state index contributed by atoms with van der Waals surface area (Å²) in [7, 11) is 0. The van der Waals surface area contributed by atoms with Crippen molar-refractivity contribution in [1.29, 1.82) is 0 Å². The summed E-state index contributed by atoms with van der Waals surface area (Å²) >= 11 is 3.43. The average molecular weight is 332 g/mol. The van der Waals surface area contributed by atoms with Crippen LogP contribution in [-0.4, -0.2) is 11.7 Å². The lowest BCUT2D eigenvalue weighted by Gasteiger charge is -2.16. The lowest BCUT2D eigenvalue weighted by atomic mass is 9.93. The van der Waals surface area contributed by atoms with Crippen LogP contribution in [0.2, 0.25) is 0 Å². The molecule has 1 fully saturated rings. The highest BCUT2D eigenvalue weighted by atomic mass is 79.9. The lowest BCUT2D eigenvalue weighted by molar-refractivity contribution is 0.220. The second-order valence-corrected chi connectivity index (χ2v) is 6.48. The Bertz CT molecular complexity index is 605. The number of nitrogens with two attached hydrogens (primary N) is 1. The van der Waals surface area contributed by atoms with E-state index in [4.69, 9.17) is 5.73 Å². The number of halogens is 1. The number of benzene rings is 2. The molecule has 1 saturated carbocycles. The molecular weight excluding hydrogens is 314 g/mol. The molecule has 0 bridgehead atoms. The third-order valence-corrected chi connectivity index (χ3v) is 4.74. The quantitative estimate of drug-likeness (QED) is 0.900. The topological polar surface area (TPSA) is 46.2 Å². The molecule has 0 aromatic heterocycles. The van der Waals surface area contributed by atoms with Gasteiger partial charge in [-0.2, -0.15) is 0 Å². The Hall–Kier alpha value is -1.16. The van der Waals surface area contributed by atoms with E-state index < -0.39 is 6.10 Å². The van der Waals surface area contributed by atoms with Gasteiger partial charge in [-0.25, -0.2) is 0 Å². The Morgan fingerprint density at radius 3 is 2.35 bits per heavy atom. The summed E-state index contributed by atoms with van der Waals surface area (Å²) in [6, 6.07) is 16.0. The van der Waals surface area contributed by atoms with E-state index in [1.54, 1.807) is 0 Å². The zero-order valence-corrected chi connectivity index (χ0v) is 12.8. The first kappa shape index (κ1) is 13.8. The Labute approximate surface area is 127 Å². The zero-order chi connectivity index (χ0) is 14.2. The second-order valence-electron chi connectivity index (χ2n) is 5.56. The molecule has 0 heterocycles. The highest BCUT2D eigenvalue weighted by molar-refractivity contribution is 9.10. The van der Waals surface area contributed by atoms with Gasteiger partial charge in [-0.3, -0.25) is 0 Å². The van der Waals surface area contributed by atoms with E-state index in [1.807, 2.05) is 36.4 Å². The van der Waals surface area contributed by atoms with Crippen LogP contribution in [0.5, 0.6) is 0 Å². The predicted octanol–water partition coefficient (Wildman–Crippen LogP) is 3.52. The molecule has 2 aromatic carbocycles. The van der Waals surface area contributed by atoms with Crippen LogP contribution < -0.4 is 5.73 Å². The maximum absolute atomic E-state index is 10.4. The van der Waals surface area contributed by atoms with Gasteiger partial charge in [0.25, 0.3) is 0 Å². The van der Waals surface area contributed by atoms with E-state index >= 15 is 0 Å². The van der Waals surface area contributed by atoms with Gasteiger partial charge in [0.05, 0.1) is 0 Å².